The smallest absolute Gasteiger partial charge is 0.131 e. The molecule has 1 fully saturated rings. The highest BCUT2D eigenvalue weighted by Gasteiger charge is 2.32. The molecule has 2 heteroatoms. The minimum absolute atomic E-state index is 0.0440. The fourth-order valence-electron chi connectivity index (χ4n) is 2.48. The molecule has 1 aliphatic rings. The Hall–Kier alpha value is -0.890. The van der Waals surface area contributed by atoms with Crippen molar-refractivity contribution in [3.8, 4) is 0 Å². The summed E-state index contributed by atoms with van der Waals surface area (Å²) in [6, 6.07) is 3.87. The number of halogens is 1. The zero-order valence-corrected chi connectivity index (χ0v) is 9.65. The molecule has 0 spiro atoms. The second kappa shape index (κ2) is 3.60. The van der Waals surface area contributed by atoms with E-state index in [-0.39, 0.29) is 11.4 Å². The molecule has 0 aromatic heterocycles. The number of rotatable bonds is 1. The number of hydrogen-bond acceptors (Lipinski definition) is 1. The van der Waals surface area contributed by atoms with Crippen LogP contribution in [0.4, 0.5) is 4.39 Å². The fourth-order valence-corrected chi connectivity index (χ4v) is 2.48. The van der Waals surface area contributed by atoms with Crippen LogP contribution < -0.4 is 5.32 Å². The van der Waals surface area contributed by atoms with Gasteiger partial charge in [-0.2, -0.15) is 0 Å². The Morgan fingerprint density at radius 1 is 1.33 bits per heavy atom. The van der Waals surface area contributed by atoms with Crippen molar-refractivity contribution in [1.82, 2.24) is 5.32 Å². The summed E-state index contributed by atoms with van der Waals surface area (Å²) in [7, 11) is 0. The summed E-state index contributed by atoms with van der Waals surface area (Å²) in [5, 5.41) is 3.40. The summed E-state index contributed by atoms with van der Waals surface area (Å²) in [6.45, 7) is 6.94. The minimum atomic E-state index is -0.166. The molecule has 2 rings (SSSR count). The number of hydrogen-bond donors (Lipinski definition) is 1. The zero-order valence-electron chi connectivity index (χ0n) is 9.65. The number of nitrogens with one attached hydrogen (secondary N) is 1. The van der Waals surface area contributed by atoms with E-state index in [0.717, 1.165) is 36.1 Å². The number of benzene rings is 1. The van der Waals surface area contributed by atoms with Crippen molar-refractivity contribution in [3.05, 3.63) is 34.6 Å². The van der Waals surface area contributed by atoms with E-state index in [9.17, 15) is 4.39 Å². The predicted octanol–water partition coefficient (Wildman–Crippen LogP) is 3.04. The van der Waals surface area contributed by atoms with Crippen molar-refractivity contribution in [2.24, 2.45) is 0 Å². The van der Waals surface area contributed by atoms with Crippen molar-refractivity contribution in [1.29, 1.82) is 0 Å². The van der Waals surface area contributed by atoms with E-state index in [2.05, 4.69) is 12.2 Å². The van der Waals surface area contributed by atoms with Gasteiger partial charge >= 0.3 is 0 Å². The van der Waals surface area contributed by atoms with Gasteiger partial charge in [-0.1, -0.05) is 17.7 Å². The van der Waals surface area contributed by atoms with Crippen LogP contribution >= 0.6 is 0 Å². The van der Waals surface area contributed by atoms with Gasteiger partial charge in [0.2, 0.25) is 0 Å². The maximum Gasteiger partial charge on any atom is 0.131 e. The first-order chi connectivity index (χ1) is 7.03. The van der Waals surface area contributed by atoms with Crippen molar-refractivity contribution < 1.29 is 4.39 Å². The average Bonchev–Trinajstić information content (AvgIpc) is 2.59. The van der Waals surface area contributed by atoms with Crippen LogP contribution in [0.2, 0.25) is 0 Å². The summed E-state index contributed by atoms with van der Waals surface area (Å²) in [5.41, 5.74) is 2.55. The Labute approximate surface area is 90.7 Å². The summed E-state index contributed by atoms with van der Waals surface area (Å²) in [5.74, 6) is -0.0440. The summed E-state index contributed by atoms with van der Waals surface area (Å²) in [4.78, 5) is 0. The minimum Gasteiger partial charge on any atom is -0.308 e. The van der Waals surface area contributed by atoms with Crippen LogP contribution in [0.15, 0.2) is 12.1 Å². The van der Waals surface area contributed by atoms with E-state index in [1.165, 1.54) is 0 Å². The summed E-state index contributed by atoms with van der Waals surface area (Å²) >= 11 is 0. The molecule has 1 atom stereocenters. The van der Waals surface area contributed by atoms with Crippen molar-refractivity contribution in [3.63, 3.8) is 0 Å². The van der Waals surface area contributed by atoms with Gasteiger partial charge in [0.25, 0.3) is 0 Å². The van der Waals surface area contributed by atoms with Crippen LogP contribution in [0.3, 0.4) is 0 Å². The highest BCUT2D eigenvalue weighted by atomic mass is 19.1. The molecule has 82 valence electrons. The Morgan fingerprint density at radius 3 is 2.67 bits per heavy atom. The van der Waals surface area contributed by atoms with Gasteiger partial charge in [-0.25, -0.2) is 4.39 Å². The van der Waals surface area contributed by atoms with E-state index in [1.54, 1.807) is 0 Å². The first-order valence-corrected chi connectivity index (χ1v) is 5.55. The van der Waals surface area contributed by atoms with Crippen molar-refractivity contribution in [2.75, 3.05) is 6.54 Å². The standard InChI is InChI=1S/C13H18FN/c1-9-7-10(2)12(14)11(8-9)13(3)5-4-6-15-13/h7-8,15H,4-6H2,1-3H3. The molecule has 1 aromatic rings. The number of aryl methyl sites for hydroxylation is 2. The van der Waals surface area contributed by atoms with Gasteiger partial charge in [0.1, 0.15) is 5.82 Å². The van der Waals surface area contributed by atoms with Crippen LogP contribution in [0.5, 0.6) is 0 Å². The SMILES string of the molecule is Cc1cc(C)c(F)c(C2(C)CCCN2)c1. The third kappa shape index (κ3) is 1.78. The van der Waals surface area contributed by atoms with Crippen LogP contribution in [-0.4, -0.2) is 6.54 Å². The van der Waals surface area contributed by atoms with Gasteiger partial charge in [0.15, 0.2) is 0 Å². The Bertz CT molecular complexity index is 378. The van der Waals surface area contributed by atoms with Gasteiger partial charge in [-0.05, 0) is 45.7 Å². The highest BCUT2D eigenvalue weighted by Crippen LogP contribution is 2.33. The molecule has 1 nitrogen and oxygen atoms in total. The molecule has 1 saturated heterocycles. The first kappa shape index (κ1) is 10.6. The topological polar surface area (TPSA) is 12.0 Å². The predicted molar refractivity (Wildman–Crippen MR) is 60.5 cm³/mol. The fraction of sp³-hybridized carbons (Fsp3) is 0.538. The van der Waals surface area contributed by atoms with Crippen molar-refractivity contribution in [2.45, 2.75) is 39.2 Å². The second-order valence-electron chi connectivity index (χ2n) is 4.81. The summed E-state index contributed by atoms with van der Waals surface area (Å²) < 4.78 is 14.0. The monoisotopic (exact) mass is 207 g/mol. The second-order valence-corrected chi connectivity index (χ2v) is 4.81. The van der Waals surface area contributed by atoms with E-state index in [4.69, 9.17) is 0 Å². The molecule has 15 heavy (non-hydrogen) atoms. The zero-order chi connectivity index (χ0) is 11.1. The Morgan fingerprint density at radius 2 is 2.07 bits per heavy atom. The molecule has 1 aliphatic heterocycles. The van der Waals surface area contributed by atoms with Crippen molar-refractivity contribution >= 4 is 0 Å². The van der Waals surface area contributed by atoms with E-state index in [1.807, 2.05) is 26.0 Å². The molecule has 1 unspecified atom stereocenters. The molecule has 0 radical (unpaired) electrons. The van der Waals surface area contributed by atoms with Gasteiger partial charge in [-0.3, -0.25) is 0 Å². The Kier molecular flexibility index (Phi) is 2.55. The lowest BCUT2D eigenvalue weighted by Gasteiger charge is -2.26. The molecule has 0 bridgehead atoms. The van der Waals surface area contributed by atoms with Gasteiger partial charge < -0.3 is 5.32 Å². The Balaban J connectivity index is 2.51. The lowest BCUT2D eigenvalue weighted by molar-refractivity contribution is 0.409. The quantitative estimate of drug-likeness (QED) is 0.746. The summed E-state index contributed by atoms with van der Waals surface area (Å²) in [6.07, 6.45) is 2.15. The lowest BCUT2D eigenvalue weighted by Crippen LogP contribution is -2.34. The van der Waals surface area contributed by atoms with Gasteiger partial charge in [-0.15, -0.1) is 0 Å². The maximum atomic E-state index is 14.0. The van der Waals surface area contributed by atoms with Crippen LogP contribution in [0.1, 0.15) is 36.5 Å². The highest BCUT2D eigenvalue weighted by molar-refractivity contribution is 5.35. The van der Waals surface area contributed by atoms with Gasteiger partial charge in [0, 0.05) is 11.1 Å². The lowest BCUT2D eigenvalue weighted by atomic mass is 9.88. The van der Waals surface area contributed by atoms with E-state index >= 15 is 0 Å². The molecule has 1 heterocycles. The van der Waals surface area contributed by atoms with Crippen LogP contribution in [-0.2, 0) is 5.54 Å². The van der Waals surface area contributed by atoms with E-state index in [0.29, 0.717) is 0 Å². The molecular weight excluding hydrogens is 189 g/mol. The normalized spacial score (nSPS) is 25.9. The largest absolute Gasteiger partial charge is 0.308 e. The molecular formula is C13H18FN. The molecule has 0 aliphatic carbocycles. The van der Waals surface area contributed by atoms with Gasteiger partial charge in [0.05, 0.1) is 0 Å². The molecule has 0 saturated carbocycles. The van der Waals surface area contributed by atoms with Crippen LogP contribution in [0, 0.1) is 19.7 Å². The molecule has 0 amide bonds. The van der Waals surface area contributed by atoms with E-state index < -0.39 is 0 Å². The first-order valence-electron chi connectivity index (χ1n) is 5.55. The third-order valence-corrected chi connectivity index (χ3v) is 3.36. The molecule has 1 aromatic carbocycles. The van der Waals surface area contributed by atoms with Crippen LogP contribution in [0.25, 0.3) is 0 Å². The average molecular weight is 207 g/mol. The third-order valence-electron chi connectivity index (χ3n) is 3.36. The maximum absolute atomic E-state index is 14.0. The molecule has 1 N–H and O–H groups in total.